The van der Waals surface area contributed by atoms with E-state index in [2.05, 4.69) is 34.1 Å². The van der Waals surface area contributed by atoms with Gasteiger partial charge in [0.05, 0.1) is 6.54 Å². The Bertz CT molecular complexity index is 584. The van der Waals surface area contributed by atoms with Gasteiger partial charge in [-0.3, -0.25) is 14.9 Å². The molecular formula is C18H32N6O. The number of rotatable bonds is 5. The number of hydrogen-bond acceptors (Lipinski definition) is 4. The van der Waals surface area contributed by atoms with Crippen LogP contribution in [0, 0.1) is 0 Å². The average molecular weight is 348 g/mol. The first-order valence-corrected chi connectivity index (χ1v) is 9.45. The summed E-state index contributed by atoms with van der Waals surface area (Å²) in [5, 5.41) is 7.43. The largest absolute Gasteiger partial charge is 0.323 e. The molecule has 2 aliphatic heterocycles. The molecule has 7 nitrogen and oxygen atoms in total. The minimum atomic E-state index is -0.0193. The van der Waals surface area contributed by atoms with Crippen LogP contribution in [0.5, 0.6) is 0 Å². The number of nitrogens with zero attached hydrogens (tertiary/aromatic N) is 5. The maximum atomic E-state index is 12.7. The van der Waals surface area contributed by atoms with Gasteiger partial charge in [-0.05, 0) is 47.2 Å². The van der Waals surface area contributed by atoms with Crippen LogP contribution in [0.3, 0.4) is 0 Å². The maximum Gasteiger partial charge on any atom is 0.323 e. The summed E-state index contributed by atoms with van der Waals surface area (Å²) in [5.41, 5.74) is 0. The van der Waals surface area contributed by atoms with E-state index in [4.69, 9.17) is 0 Å². The van der Waals surface area contributed by atoms with Gasteiger partial charge in [0.2, 0.25) is 0 Å². The SMILES string of the molecule is CC(C)N1C2CCC1CN(C(=O)Nc1ccn(CCN(C)C)n1)CC2. The van der Waals surface area contributed by atoms with E-state index in [1.54, 1.807) is 0 Å². The predicted octanol–water partition coefficient (Wildman–Crippen LogP) is 1.92. The Hall–Kier alpha value is -1.60. The Morgan fingerprint density at radius 3 is 2.80 bits per heavy atom. The molecule has 2 unspecified atom stereocenters. The molecule has 2 bridgehead atoms. The first-order chi connectivity index (χ1) is 11.9. The van der Waals surface area contributed by atoms with Crippen LogP contribution in [-0.4, -0.2) is 82.4 Å². The summed E-state index contributed by atoms with van der Waals surface area (Å²) in [4.78, 5) is 19.4. The highest BCUT2D eigenvalue weighted by atomic mass is 16.2. The number of amides is 2. The normalized spacial score (nSPS) is 24.2. The van der Waals surface area contributed by atoms with Crippen LogP contribution < -0.4 is 5.32 Å². The predicted molar refractivity (Wildman–Crippen MR) is 99.8 cm³/mol. The second-order valence-electron chi connectivity index (χ2n) is 7.86. The molecule has 3 rings (SSSR count). The van der Waals surface area contributed by atoms with Gasteiger partial charge in [0, 0.05) is 50.0 Å². The fourth-order valence-electron chi connectivity index (χ4n) is 4.18. The number of anilines is 1. The van der Waals surface area contributed by atoms with E-state index < -0.39 is 0 Å². The van der Waals surface area contributed by atoms with Crippen molar-refractivity contribution < 1.29 is 4.79 Å². The molecule has 0 saturated carbocycles. The fourth-order valence-corrected chi connectivity index (χ4v) is 4.18. The third kappa shape index (κ3) is 4.33. The highest BCUT2D eigenvalue weighted by Gasteiger charge is 2.39. The summed E-state index contributed by atoms with van der Waals surface area (Å²) in [6, 6.07) is 3.53. The molecule has 25 heavy (non-hydrogen) atoms. The topological polar surface area (TPSA) is 56.6 Å². The number of fused-ring (bicyclic) bond motifs is 2. The minimum Gasteiger partial charge on any atom is -0.323 e. The number of carbonyl (C=O) groups is 1. The fraction of sp³-hybridized carbons (Fsp3) is 0.778. The van der Waals surface area contributed by atoms with E-state index in [1.807, 2.05) is 35.9 Å². The van der Waals surface area contributed by atoms with Crippen molar-refractivity contribution in [1.82, 2.24) is 24.5 Å². The number of nitrogens with one attached hydrogen (secondary N) is 1. The van der Waals surface area contributed by atoms with Crippen molar-refractivity contribution >= 4 is 11.8 Å². The lowest BCUT2D eigenvalue weighted by Gasteiger charge is -2.32. The Morgan fingerprint density at radius 1 is 1.32 bits per heavy atom. The summed E-state index contributed by atoms with van der Waals surface area (Å²) >= 11 is 0. The molecule has 1 aromatic heterocycles. The number of urea groups is 1. The quantitative estimate of drug-likeness (QED) is 0.883. The molecule has 2 amide bonds. The summed E-state index contributed by atoms with van der Waals surface area (Å²) in [6.45, 7) is 7.93. The molecule has 0 radical (unpaired) electrons. The zero-order valence-corrected chi connectivity index (χ0v) is 16.0. The molecule has 2 fully saturated rings. The van der Waals surface area contributed by atoms with Crippen molar-refractivity contribution in [2.75, 3.05) is 39.0 Å². The zero-order valence-electron chi connectivity index (χ0n) is 16.0. The van der Waals surface area contributed by atoms with Gasteiger partial charge in [-0.2, -0.15) is 5.10 Å². The van der Waals surface area contributed by atoms with Gasteiger partial charge in [-0.15, -0.1) is 0 Å². The molecule has 0 aromatic carbocycles. The summed E-state index contributed by atoms with van der Waals surface area (Å²) in [5.74, 6) is 0.638. The van der Waals surface area contributed by atoms with Gasteiger partial charge in [-0.1, -0.05) is 0 Å². The number of carbonyl (C=O) groups excluding carboxylic acids is 1. The minimum absolute atomic E-state index is 0.0193. The van der Waals surface area contributed by atoms with E-state index in [0.29, 0.717) is 23.9 Å². The second kappa shape index (κ2) is 7.74. The number of hydrogen-bond donors (Lipinski definition) is 1. The molecule has 1 aromatic rings. The van der Waals surface area contributed by atoms with E-state index in [-0.39, 0.29) is 6.03 Å². The average Bonchev–Trinajstić information content (AvgIpc) is 3.08. The van der Waals surface area contributed by atoms with Gasteiger partial charge >= 0.3 is 6.03 Å². The van der Waals surface area contributed by atoms with Crippen LogP contribution >= 0.6 is 0 Å². The smallest absolute Gasteiger partial charge is 0.323 e. The highest BCUT2D eigenvalue weighted by Crippen LogP contribution is 2.32. The lowest BCUT2D eigenvalue weighted by atomic mass is 10.1. The molecule has 2 aliphatic rings. The van der Waals surface area contributed by atoms with Crippen LogP contribution in [0.1, 0.15) is 33.1 Å². The van der Waals surface area contributed by atoms with Crippen molar-refractivity contribution in [2.45, 2.75) is 57.8 Å². The monoisotopic (exact) mass is 348 g/mol. The molecule has 140 valence electrons. The maximum absolute atomic E-state index is 12.7. The molecule has 0 aliphatic carbocycles. The Balaban J connectivity index is 1.57. The Kier molecular flexibility index (Phi) is 5.64. The van der Waals surface area contributed by atoms with Crippen LogP contribution in [0.2, 0.25) is 0 Å². The summed E-state index contributed by atoms with van der Waals surface area (Å²) in [6.07, 6.45) is 5.46. The van der Waals surface area contributed by atoms with Crippen molar-refractivity contribution in [3.8, 4) is 0 Å². The number of aromatic nitrogens is 2. The van der Waals surface area contributed by atoms with Gasteiger partial charge in [0.25, 0.3) is 0 Å². The van der Waals surface area contributed by atoms with Crippen molar-refractivity contribution in [1.29, 1.82) is 0 Å². The summed E-state index contributed by atoms with van der Waals surface area (Å²) < 4.78 is 1.88. The van der Waals surface area contributed by atoms with Crippen LogP contribution in [-0.2, 0) is 6.54 Å². The van der Waals surface area contributed by atoms with Crippen molar-refractivity contribution in [2.24, 2.45) is 0 Å². The first kappa shape index (κ1) is 18.2. The van der Waals surface area contributed by atoms with Crippen LogP contribution in [0.25, 0.3) is 0 Å². The second-order valence-corrected chi connectivity index (χ2v) is 7.86. The van der Waals surface area contributed by atoms with Gasteiger partial charge in [0.1, 0.15) is 0 Å². The Labute approximate surface area is 150 Å². The van der Waals surface area contributed by atoms with Gasteiger partial charge in [-0.25, -0.2) is 4.79 Å². The van der Waals surface area contributed by atoms with Crippen LogP contribution in [0.15, 0.2) is 12.3 Å². The lowest BCUT2D eigenvalue weighted by Crippen LogP contribution is -2.45. The summed E-state index contributed by atoms with van der Waals surface area (Å²) in [7, 11) is 4.08. The Morgan fingerprint density at radius 2 is 2.08 bits per heavy atom. The molecule has 0 spiro atoms. The van der Waals surface area contributed by atoms with Gasteiger partial charge in [0.15, 0.2) is 5.82 Å². The van der Waals surface area contributed by atoms with Crippen LogP contribution in [0.4, 0.5) is 10.6 Å². The van der Waals surface area contributed by atoms with E-state index in [0.717, 1.165) is 32.6 Å². The highest BCUT2D eigenvalue weighted by molar-refractivity contribution is 5.88. The number of likely N-dealkylation sites (tertiary alicyclic amines) is 1. The molecule has 1 N–H and O–H groups in total. The van der Waals surface area contributed by atoms with Crippen molar-refractivity contribution in [3.63, 3.8) is 0 Å². The van der Waals surface area contributed by atoms with Gasteiger partial charge < -0.3 is 9.80 Å². The van der Waals surface area contributed by atoms with E-state index >= 15 is 0 Å². The molecule has 3 heterocycles. The van der Waals surface area contributed by atoms with Crippen molar-refractivity contribution in [3.05, 3.63) is 12.3 Å². The number of likely N-dealkylation sites (N-methyl/N-ethyl adjacent to an activating group) is 1. The third-order valence-electron chi connectivity index (χ3n) is 5.38. The third-order valence-corrected chi connectivity index (χ3v) is 5.38. The van der Waals surface area contributed by atoms with E-state index in [1.165, 1.54) is 12.8 Å². The molecule has 2 atom stereocenters. The zero-order chi connectivity index (χ0) is 18.0. The standard InChI is InChI=1S/C18H32N6O/c1-14(2)24-15-5-6-16(24)13-22(9-7-15)18(25)19-17-8-10-23(20-17)12-11-21(3)4/h8,10,14-16H,5-7,9,11-13H2,1-4H3,(H,19,20,25). The van der Waals surface area contributed by atoms with E-state index in [9.17, 15) is 4.79 Å². The molecule has 2 saturated heterocycles. The first-order valence-electron chi connectivity index (χ1n) is 9.45. The lowest BCUT2D eigenvalue weighted by molar-refractivity contribution is 0.149. The molecular weight excluding hydrogens is 316 g/mol. The molecule has 7 heteroatoms.